The van der Waals surface area contributed by atoms with Crippen LogP contribution in [-0.4, -0.2) is 22.5 Å². The molecule has 1 amide bonds. The highest BCUT2D eigenvalue weighted by molar-refractivity contribution is 5.84. The lowest BCUT2D eigenvalue weighted by atomic mass is 10.2. The fourth-order valence-corrected chi connectivity index (χ4v) is 1.61. The van der Waals surface area contributed by atoms with E-state index in [1.165, 1.54) is 0 Å². The van der Waals surface area contributed by atoms with E-state index in [1.54, 1.807) is 4.68 Å². The molecular weight excluding hydrogens is 242 g/mol. The van der Waals surface area contributed by atoms with Crippen molar-refractivity contribution in [3.63, 3.8) is 0 Å². The van der Waals surface area contributed by atoms with Crippen molar-refractivity contribution in [2.75, 3.05) is 11.9 Å². The number of benzene rings is 1. The lowest BCUT2D eigenvalue weighted by Crippen LogP contribution is -2.17. The molecule has 19 heavy (non-hydrogen) atoms. The molecule has 1 aromatic carbocycles. The Balaban J connectivity index is 1.74. The zero-order valence-electron chi connectivity index (χ0n) is 11.1. The highest BCUT2D eigenvalue weighted by atomic mass is 16.5. The number of carbonyl (C=O) groups is 1. The van der Waals surface area contributed by atoms with Crippen molar-refractivity contribution in [3.05, 3.63) is 47.8 Å². The zero-order chi connectivity index (χ0) is 13.7. The Morgan fingerprint density at radius 1 is 1.26 bits per heavy atom. The van der Waals surface area contributed by atoms with E-state index in [1.807, 2.05) is 50.4 Å². The van der Waals surface area contributed by atoms with Crippen molar-refractivity contribution in [1.82, 2.24) is 9.78 Å². The first-order chi connectivity index (χ1) is 9.13. The summed E-state index contributed by atoms with van der Waals surface area (Å²) in [5, 5.41) is 6.88. The zero-order valence-corrected chi connectivity index (χ0v) is 11.1. The van der Waals surface area contributed by atoms with Crippen LogP contribution in [0.3, 0.4) is 0 Å². The normalized spacial score (nSPS) is 10.2. The molecule has 0 aliphatic rings. The minimum Gasteiger partial charge on any atom is -0.447 e. The van der Waals surface area contributed by atoms with Crippen molar-refractivity contribution in [2.24, 2.45) is 0 Å². The SMILES string of the molecule is Cc1ccc(NC(=O)OCCn2ccc(C)n2)cc1. The highest BCUT2D eigenvalue weighted by Crippen LogP contribution is 2.08. The molecule has 0 saturated carbocycles. The second-order valence-corrected chi connectivity index (χ2v) is 4.35. The lowest BCUT2D eigenvalue weighted by molar-refractivity contribution is 0.155. The van der Waals surface area contributed by atoms with E-state index in [-0.39, 0.29) is 0 Å². The molecule has 1 aromatic heterocycles. The molecule has 0 saturated heterocycles. The smallest absolute Gasteiger partial charge is 0.411 e. The van der Waals surface area contributed by atoms with Gasteiger partial charge < -0.3 is 4.74 Å². The first-order valence-electron chi connectivity index (χ1n) is 6.14. The van der Waals surface area contributed by atoms with Gasteiger partial charge in [-0.25, -0.2) is 4.79 Å². The number of anilines is 1. The van der Waals surface area contributed by atoms with Crippen LogP contribution in [0, 0.1) is 13.8 Å². The Bertz CT molecular complexity index is 546. The van der Waals surface area contributed by atoms with Gasteiger partial charge in [0.25, 0.3) is 0 Å². The summed E-state index contributed by atoms with van der Waals surface area (Å²) in [6.45, 7) is 4.75. The summed E-state index contributed by atoms with van der Waals surface area (Å²) in [5.41, 5.74) is 2.82. The number of amides is 1. The van der Waals surface area contributed by atoms with Gasteiger partial charge in [0.15, 0.2) is 0 Å². The largest absolute Gasteiger partial charge is 0.447 e. The molecule has 0 aliphatic carbocycles. The number of rotatable bonds is 4. The van der Waals surface area contributed by atoms with Gasteiger partial charge in [-0.3, -0.25) is 10.00 Å². The molecule has 0 unspecified atom stereocenters. The number of aromatic nitrogens is 2. The molecule has 0 bridgehead atoms. The molecular formula is C14H17N3O2. The molecule has 0 spiro atoms. The molecule has 100 valence electrons. The number of carbonyl (C=O) groups excluding carboxylic acids is 1. The van der Waals surface area contributed by atoms with Gasteiger partial charge in [0.1, 0.15) is 6.61 Å². The summed E-state index contributed by atoms with van der Waals surface area (Å²) in [7, 11) is 0. The van der Waals surface area contributed by atoms with Crippen LogP contribution >= 0.6 is 0 Å². The third-order valence-electron chi connectivity index (χ3n) is 2.63. The summed E-state index contributed by atoms with van der Waals surface area (Å²) in [4.78, 5) is 11.5. The number of hydrogen-bond donors (Lipinski definition) is 1. The van der Waals surface area contributed by atoms with Gasteiger partial charge >= 0.3 is 6.09 Å². The van der Waals surface area contributed by atoms with Crippen molar-refractivity contribution in [1.29, 1.82) is 0 Å². The number of nitrogens with one attached hydrogen (secondary N) is 1. The second-order valence-electron chi connectivity index (χ2n) is 4.35. The molecule has 1 heterocycles. The Labute approximate surface area is 112 Å². The van der Waals surface area contributed by atoms with Gasteiger partial charge in [0.05, 0.1) is 12.2 Å². The monoisotopic (exact) mass is 259 g/mol. The molecule has 5 heteroatoms. The molecule has 0 aliphatic heterocycles. The third kappa shape index (κ3) is 4.13. The van der Waals surface area contributed by atoms with E-state index in [2.05, 4.69) is 10.4 Å². The standard InChI is InChI=1S/C14H17N3O2/c1-11-3-5-13(6-4-11)15-14(18)19-10-9-17-8-7-12(2)16-17/h3-8H,9-10H2,1-2H3,(H,15,18). The fourth-order valence-electron chi connectivity index (χ4n) is 1.61. The van der Waals surface area contributed by atoms with Gasteiger partial charge in [0, 0.05) is 11.9 Å². The predicted molar refractivity (Wildman–Crippen MR) is 73.1 cm³/mol. The fraction of sp³-hybridized carbons (Fsp3) is 0.286. The molecule has 2 aromatic rings. The summed E-state index contributed by atoms with van der Waals surface area (Å²) in [5.74, 6) is 0. The molecule has 1 N–H and O–H groups in total. The lowest BCUT2D eigenvalue weighted by Gasteiger charge is -2.07. The van der Waals surface area contributed by atoms with E-state index in [0.29, 0.717) is 13.2 Å². The number of aryl methyl sites for hydroxylation is 2. The topological polar surface area (TPSA) is 56.1 Å². The summed E-state index contributed by atoms with van der Waals surface area (Å²) in [6, 6.07) is 9.46. The molecule has 0 fully saturated rings. The summed E-state index contributed by atoms with van der Waals surface area (Å²) < 4.78 is 6.82. The van der Waals surface area contributed by atoms with Crippen LogP contribution in [-0.2, 0) is 11.3 Å². The van der Waals surface area contributed by atoms with Gasteiger partial charge in [0.2, 0.25) is 0 Å². The number of ether oxygens (including phenoxy) is 1. The minimum absolute atomic E-state index is 0.290. The Hall–Kier alpha value is -2.30. The Morgan fingerprint density at radius 3 is 2.63 bits per heavy atom. The van der Waals surface area contributed by atoms with Crippen LogP contribution < -0.4 is 5.32 Å². The minimum atomic E-state index is -0.451. The van der Waals surface area contributed by atoms with E-state index in [4.69, 9.17) is 4.74 Å². The quantitative estimate of drug-likeness (QED) is 0.918. The van der Waals surface area contributed by atoms with Crippen LogP contribution in [0.1, 0.15) is 11.3 Å². The summed E-state index contributed by atoms with van der Waals surface area (Å²) in [6.07, 6.45) is 1.41. The van der Waals surface area contributed by atoms with Crippen LogP contribution in [0.15, 0.2) is 36.5 Å². The summed E-state index contributed by atoms with van der Waals surface area (Å²) >= 11 is 0. The van der Waals surface area contributed by atoms with E-state index < -0.39 is 6.09 Å². The van der Waals surface area contributed by atoms with Crippen molar-refractivity contribution in [3.8, 4) is 0 Å². The van der Waals surface area contributed by atoms with Gasteiger partial charge in [-0.1, -0.05) is 17.7 Å². The predicted octanol–water partition coefficient (Wildman–Crippen LogP) is 2.75. The average Bonchev–Trinajstić information content (AvgIpc) is 2.78. The molecule has 0 atom stereocenters. The van der Waals surface area contributed by atoms with Crippen molar-refractivity contribution < 1.29 is 9.53 Å². The van der Waals surface area contributed by atoms with E-state index >= 15 is 0 Å². The molecule has 5 nitrogen and oxygen atoms in total. The second kappa shape index (κ2) is 6.04. The van der Waals surface area contributed by atoms with Gasteiger partial charge in [-0.15, -0.1) is 0 Å². The molecule has 0 radical (unpaired) electrons. The first-order valence-corrected chi connectivity index (χ1v) is 6.14. The van der Waals surface area contributed by atoms with Crippen LogP contribution in [0.5, 0.6) is 0 Å². The Morgan fingerprint density at radius 2 is 2.00 bits per heavy atom. The first kappa shape index (κ1) is 13.1. The Kier molecular flexibility index (Phi) is 4.18. The van der Waals surface area contributed by atoms with Crippen molar-refractivity contribution >= 4 is 11.8 Å². The van der Waals surface area contributed by atoms with Crippen LogP contribution in [0.2, 0.25) is 0 Å². The van der Waals surface area contributed by atoms with Crippen molar-refractivity contribution in [2.45, 2.75) is 20.4 Å². The van der Waals surface area contributed by atoms with Crippen LogP contribution in [0.4, 0.5) is 10.5 Å². The maximum atomic E-state index is 11.5. The third-order valence-corrected chi connectivity index (χ3v) is 2.63. The molecule has 2 rings (SSSR count). The van der Waals surface area contributed by atoms with E-state index in [9.17, 15) is 4.79 Å². The van der Waals surface area contributed by atoms with Gasteiger partial charge in [-0.05, 0) is 32.0 Å². The number of nitrogens with zero attached hydrogens (tertiary/aromatic N) is 2. The number of hydrogen-bond acceptors (Lipinski definition) is 3. The maximum absolute atomic E-state index is 11.5. The van der Waals surface area contributed by atoms with E-state index in [0.717, 1.165) is 16.9 Å². The van der Waals surface area contributed by atoms with Crippen LogP contribution in [0.25, 0.3) is 0 Å². The van der Waals surface area contributed by atoms with Gasteiger partial charge in [-0.2, -0.15) is 5.10 Å². The highest BCUT2D eigenvalue weighted by Gasteiger charge is 2.03. The average molecular weight is 259 g/mol. The maximum Gasteiger partial charge on any atom is 0.411 e.